The third-order valence-electron chi connectivity index (χ3n) is 5.93. The van der Waals surface area contributed by atoms with Crippen molar-refractivity contribution in [1.82, 2.24) is 0 Å². The minimum atomic E-state index is -1.58. The molecule has 0 nitrogen and oxygen atoms in total. The van der Waals surface area contributed by atoms with Gasteiger partial charge in [-0.3, -0.25) is 0 Å². The van der Waals surface area contributed by atoms with Gasteiger partial charge in [0.2, 0.25) is 0 Å². The van der Waals surface area contributed by atoms with Gasteiger partial charge in [0, 0.05) is 0 Å². The van der Waals surface area contributed by atoms with E-state index < -0.39 is 17.4 Å². The Morgan fingerprint density at radius 2 is 0.950 bits per heavy atom. The van der Waals surface area contributed by atoms with Crippen LogP contribution >= 0.6 is 0 Å². The van der Waals surface area contributed by atoms with Crippen LogP contribution in [0.2, 0.25) is 0 Å². The molecular weight excluding hydrogens is 276 g/mol. The van der Waals surface area contributed by atoms with E-state index in [4.69, 9.17) is 4.82 Å². The van der Waals surface area contributed by atoms with Crippen molar-refractivity contribution < 1.29 is 17.4 Å². The van der Waals surface area contributed by atoms with Crippen molar-refractivity contribution in [1.29, 1.82) is 0 Å². The Labute approximate surface area is 130 Å². The first-order valence-electron chi connectivity index (χ1n) is 7.66. The molecule has 0 radical (unpaired) electrons. The van der Waals surface area contributed by atoms with Gasteiger partial charge in [0.05, 0.1) is 0 Å². The molecule has 108 valence electrons. The molecule has 0 aliphatic heterocycles. The maximum absolute atomic E-state index is 4.74. The SMILES string of the molecule is [CH2]=[Ti]([C]1=C(C)C(C)=C(C)C1C)[C]1=C(C)C(C)=C(C)C1C. The predicted molar refractivity (Wildman–Crippen MR) is 87.6 cm³/mol. The van der Waals surface area contributed by atoms with Crippen LogP contribution in [0.3, 0.4) is 0 Å². The minimum absolute atomic E-state index is 0.621. The Hall–Kier alpha value is -0.456. The van der Waals surface area contributed by atoms with Crippen LogP contribution in [0.5, 0.6) is 0 Å². The van der Waals surface area contributed by atoms with Crippen LogP contribution in [0.1, 0.15) is 55.4 Å². The average molecular weight is 304 g/mol. The van der Waals surface area contributed by atoms with Crippen molar-refractivity contribution in [2.75, 3.05) is 0 Å². The Morgan fingerprint density at radius 1 is 0.650 bits per heavy atom. The quantitative estimate of drug-likeness (QED) is 0.586. The van der Waals surface area contributed by atoms with Crippen molar-refractivity contribution in [3.8, 4) is 0 Å². The van der Waals surface area contributed by atoms with E-state index in [2.05, 4.69) is 55.4 Å². The van der Waals surface area contributed by atoms with Gasteiger partial charge in [0.1, 0.15) is 0 Å². The van der Waals surface area contributed by atoms with Crippen molar-refractivity contribution in [2.45, 2.75) is 55.4 Å². The molecule has 0 saturated heterocycles. The molecule has 1 heteroatoms. The number of rotatable bonds is 2. The number of allylic oxidation sites excluding steroid dienone is 8. The molecule has 2 atom stereocenters. The molecule has 2 unspecified atom stereocenters. The predicted octanol–water partition coefficient (Wildman–Crippen LogP) is 5.56. The van der Waals surface area contributed by atoms with Crippen LogP contribution in [0.25, 0.3) is 0 Å². The molecule has 0 heterocycles. The van der Waals surface area contributed by atoms with E-state index >= 15 is 0 Å². The van der Waals surface area contributed by atoms with Gasteiger partial charge in [-0.05, 0) is 0 Å². The summed E-state index contributed by atoms with van der Waals surface area (Å²) in [6.07, 6.45) is 0. The van der Waals surface area contributed by atoms with Gasteiger partial charge in [-0.15, -0.1) is 0 Å². The Balaban J connectivity index is 2.47. The van der Waals surface area contributed by atoms with Crippen molar-refractivity contribution >= 4 is 4.82 Å². The van der Waals surface area contributed by atoms with E-state index in [-0.39, 0.29) is 0 Å². The zero-order valence-corrected chi connectivity index (χ0v) is 15.9. The molecule has 0 aromatic carbocycles. The topological polar surface area (TPSA) is 0 Å². The molecule has 0 bridgehead atoms. The fourth-order valence-electron chi connectivity index (χ4n) is 3.85. The summed E-state index contributed by atoms with van der Waals surface area (Å²) in [5.41, 5.74) is 9.27. The van der Waals surface area contributed by atoms with Gasteiger partial charge in [-0.1, -0.05) is 0 Å². The third-order valence-corrected chi connectivity index (χ3v) is 10.5. The van der Waals surface area contributed by atoms with Gasteiger partial charge in [-0.25, -0.2) is 0 Å². The molecule has 2 aliphatic carbocycles. The summed E-state index contributed by atoms with van der Waals surface area (Å²) >= 11 is -1.58. The summed E-state index contributed by atoms with van der Waals surface area (Å²) in [4.78, 5) is 4.74. The Bertz CT molecular complexity index is 566. The molecule has 0 fully saturated rings. The van der Waals surface area contributed by atoms with Crippen molar-refractivity contribution in [2.24, 2.45) is 11.8 Å². The summed E-state index contributed by atoms with van der Waals surface area (Å²) in [6.45, 7) is 18.6. The zero-order valence-electron chi connectivity index (χ0n) is 14.4. The molecule has 0 N–H and O–H groups in total. The first-order valence-corrected chi connectivity index (χ1v) is 10.3. The van der Waals surface area contributed by atoms with Crippen LogP contribution in [0.4, 0.5) is 0 Å². The third kappa shape index (κ3) is 2.12. The molecule has 0 spiro atoms. The molecule has 0 saturated carbocycles. The zero-order chi connectivity index (χ0) is 15.4. The van der Waals surface area contributed by atoms with Crippen LogP contribution in [0, 0.1) is 11.8 Å². The van der Waals surface area contributed by atoms with E-state index in [1.807, 2.05) is 0 Å². The average Bonchev–Trinajstić information content (AvgIpc) is 2.71. The second kappa shape index (κ2) is 5.39. The monoisotopic (exact) mass is 304 g/mol. The Kier molecular flexibility index (Phi) is 4.29. The summed E-state index contributed by atoms with van der Waals surface area (Å²) in [6, 6.07) is 0. The van der Waals surface area contributed by atoms with Crippen LogP contribution in [-0.2, 0) is 17.4 Å². The summed E-state index contributed by atoms with van der Waals surface area (Å²) in [5, 5.41) is 0. The van der Waals surface area contributed by atoms with Gasteiger partial charge in [-0.2, -0.15) is 0 Å². The number of hydrogen-bond donors (Lipinski definition) is 0. The van der Waals surface area contributed by atoms with Crippen LogP contribution in [-0.4, -0.2) is 4.82 Å². The van der Waals surface area contributed by atoms with E-state index in [1.165, 1.54) is 11.1 Å². The van der Waals surface area contributed by atoms with Gasteiger partial charge < -0.3 is 0 Å². The van der Waals surface area contributed by atoms with Gasteiger partial charge in [0.25, 0.3) is 0 Å². The van der Waals surface area contributed by atoms with Crippen LogP contribution < -0.4 is 0 Å². The molecule has 0 amide bonds. The summed E-state index contributed by atoms with van der Waals surface area (Å²) in [5.74, 6) is 1.24. The maximum atomic E-state index is 4.74. The van der Waals surface area contributed by atoms with E-state index in [0.29, 0.717) is 11.8 Å². The van der Waals surface area contributed by atoms with E-state index in [0.717, 1.165) is 0 Å². The van der Waals surface area contributed by atoms with Gasteiger partial charge >= 0.3 is 131 Å². The molecule has 20 heavy (non-hydrogen) atoms. The fourth-order valence-corrected chi connectivity index (χ4v) is 8.61. The number of hydrogen-bond acceptors (Lipinski definition) is 0. The van der Waals surface area contributed by atoms with E-state index in [9.17, 15) is 0 Å². The molecule has 0 aromatic heterocycles. The summed E-state index contributed by atoms with van der Waals surface area (Å²) in [7, 11) is 0. The van der Waals surface area contributed by atoms with E-state index in [1.54, 1.807) is 30.0 Å². The Morgan fingerprint density at radius 3 is 1.15 bits per heavy atom. The van der Waals surface area contributed by atoms with Crippen molar-refractivity contribution in [3.05, 3.63) is 41.2 Å². The molecule has 2 rings (SSSR count). The molecule has 0 aromatic rings. The first kappa shape index (κ1) is 15.9. The standard InChI is InChI=1S/2C9H13.CH2.Ti/c2*1-6-5-7(2)9(4)8(6)3;;/h2*6H,1-4H3;1H2;. The van der Waals surface area contributed by atoms with Crippen LogP contribution in [0.15, 0.2) is 41.2 Å². The summed E-state index contributed by atoms with van der Waals surface area (Å²) < 4.78 is 3.42. The molecular formula is C19H28Ti. The van der Waals surface area contributed by atoms with Crippen molar-refractivity contribution in [3.63, 3.8) is 0 Å². The fraction of sp³-hybridized carbons (Fsp3) is 0.526. The normalized spacial score (nSPS) is 27.4. The first-order chi connectivity index (χ1) is 9.20. The molecule has 2 aliphatic rings. The second-order valence-corrected chi connectivity index (χ2v) is 9.79. The second-order valence-electron chi connectivity index (χ2n) is 6.62. The van der Waals surface area contributed by atoms with Gasteiger partial charge in [0.15, 0.2) is 0 Å².